The molecule has 0 amide bonds. The van der Waals surface area contributed by atoms with Crippen molar-refractivity contribution in [3.05, 3.63) is 51.6 Å². The van der Waals surface area contributed by atoms with Crippen molar-refractivity contribution in [2.75, 3.05) is 5.73 Å². The predicted octanol–water partition coefficient (Wildman–Crippen LogP) is 2.98. The fraction of sp³-hybridized carbons (Fsp3) is 0.154. The Kier molecular flexibility index (Phi) is 3.33. The van der Waals surface area contributed by atoms with Crippen LogP contribution in [-0.4, -0.2) is 9.91 Å². The molecule has 19 heavy (non-hydrogen) atoms. The van der Waals surface area contributed by atoms with Crippen LogP contribution < -0.4 is 10.5 Å². The number of benzene rings is 1. The average molecular weight is 259 g/mol. The monoisotopic (exact) mass is 259 g/mol. The number of nitrogens with two attached hydrogens (primary N) is 1. The highest BCUT2D eigenvalue weighted by Gasteiger charge is 2.13. The van der Waals surface area contributed by atoms with Crippen LogP contribution in [0.4, 0.5) is 11.5 Å². The SMILES string of the molecule is Cc1ccc(Oc2ccc([N+](=O)[O-])c(N)n2)cc1C. The van der Waals surface area contributed by atoms with Crippen LogP contribution in [0.2, 0.25) is 0 Å². The van der Waals surface area contributed by atoms with E-state index >= 15 is 0 Å². The van der Waals surface area contributed by atoms with E-state index in [1.54, 1.807) is 0 Å². The fourth-order valence-corrected chi connectivity index (χ4v) is 1.56. The molecular formula is C13H13N3O3. The van der Waals surface area contributed by atoms with Crippen molar-refractivity contribution in [3.8, 4) is 11.6 Å². The van der Waals surface area contributed by atoms with Crippen molar-refractivity contribution in [2.24, 2.45) is 0 Å². The summed E-state index contributed by atoms with van der Waals surface area (Å²) in [7, 11) is 0. The summed E-state index contributed by atoms with van der Waals surface area (Å²) in [6.45, 7) is 3.97. The number of hydrogen-bond acceptors (Lipinski definition) is 5. The van der Waals surface area contributed by atoms with Gasteiger partial charge in [0.15, 0.2) is 0 Å². The number of nitrogens with zero attached hydrogens (tertiary/aromatic N) is 2. The fourth-order valence-electron chi connectivity index (χ4n) is 1.56. The second-order valence-corrected chi connectivity index (χ2v) is 4.16. The largest absolute Gasteiger partial charge is 0.439 e. The van der Waals surface area contributed by atoms with Crippen LogP contribution in [0.15, 0.2) is 30.3 Å². The molecular weight excluding hydrogens is 246 g/mol. The first kappa shape index (κ1) is 12.8. The molecule has 2 rings (SSSR count). The molecule has 0 atom stereocenters. The minimum Gasteiger partial charge on any atom is -0.439 e. The normalized spacial score (nSPS) is 10.2. The van der Waals surface area contributed by atoms with Crippen LogP contribution >= 0.6 is 0 Å². The second kappa shape index (κ2) is 4.93. The highest BCUT2D eigenvalue weighted by molar-refractivity contribution is 5.53. The lowest BCUT2D eigenvalue weighted by atomic mass is 10.1. The molecule has 0 spiro atoms. The van der Waals surface area contributed by atoms with Crippen molar-refractivity contribution in [1.82, 2.24) is 4.98 Å². The summed E-state index contributed by atoms with van der Waals surface area (Å²) in [5.41, 5.74) is 7.51. The molecule has 6 nitrogen and oxygen atoms in total. The number of rotatable bonds is 3. The molecule has 2 aromatic rings. The predicted molar refractivity (Wildman–Crippen MR) is 71.3 cm³/mol. The Morgan fingerprint density at radius 2 is 1.95 bits per heavy atom. The molecule has 1 aromatic heterocycles. The smallest absolute Gasteiger partial charge is 0.311 e. The van der Waals surface area contributed by atoms with Gasteiger partial charge in [-0.25, -0.2) is 0 Å². The van der Waals surface area contributed by atoms with Crippen molar-refractivity contribution >= 4 is 11.5 Å². The molecule has 0 unspecified atom stereocenters. The molecule has 0 bridgehead atoms. The molecule has 0 radical (unpaired) electrons. The quantitative estimate of drug-likeness (QED) is 0.675. The Balaban J connectivity index is 2.26. The zero-order valence-corrected chi connectivity index (χ0v) is 10.6. The van der Waals surface area contributed by atoms with Gasteiger partial charge in [0.2, 0.25) is 11.7 Å². The van der Waals surface area contributed by atoms with Crippen LogP contribution in [0.1, 0.15) is 11.1 Å². The van der Waals surface area contributed by atoms with Crippen LogP contribution in [0.5, 0.6) is 11.6 Å². The first-order chi connectivity index (χ1) is 8.97. The number of nitrogen functional groups attached to an aromatic ring is 1. The number of nitro groups is 1. The summed E-state index contributed by atoms with van der Waals surface area (Å²) >= 11 is 0. The molecule has 0 saturated carbocycles. The van der Waals surface area contributed by atoms with E-state index in [2.05, 4.69) is 4.98 Å². The van der Waals surface area contributed by atoms with Crippen molar-refractivity contribution in [2.45, 2.75) is 13.8 Å². The summed E-state index contributed by atoms with van der Waals surface area (Å²) in [4.78, 5) is 13.9. The third-order valence-electron chi connectivity index (χ3n) is 2.77. The molecule has 98 valence electrons. The Bertz CT molecular complexity index is 641. The number of pyridine rings is 1. The lowest BCUT2D eigenvalue weighted by Gasteiger charge is -2.07. The van der Waals surface area contributed by atoms with E-state index in [9.17, 15) is 10.1 Å². The molecule has 1 heterocycles. The Labute approximate surface area is 110 Å². The average Bonchev–Trinajstić information content (AvgIpc) is 2.33. The van der Waals surface area contributed by atoms with Gasteiger partial charge in [-0.1, -0.05) is 6.07 Å². The maximum Gasteiger partial charge on any atom is 0.311 e. The lowest BCUT2D eigenvalue weighted by molar-refractivity contribution is -0.384. The molecule has 0 saturated heterocycles. The van der Waals surface area contributed by atoms with Crippen molar-refractivity contribution in [1.29, 1.82) is 0 Å². The Morgan fingerprint density at radius 3 is 2.53 bits per heavy atom. The highest BCUT2D eigenvalue weighted by Crippen LogP contribution is 2.26. The van der Waals surface area contributed by atoms with Gasteiger partial charge in [0.25, 0.3) is 0 Å². The van der Waals surface area contributed by atoms with Crippen molar-refractivity contribution < 1.29 is 9.66 Å². The first-order valence-corrected chi connectivity index (χ1v) is 5.63. The van der Waals surface area contributed by atoms with E-state index in [1.165, 1.54) is 12.1 Å². The topological polar surface area (TPSA) is 91.3 Å². The third kappa shape index (κ3) is 2.79. The molecule has 0 fully saturated rings. The maximum absolute atomic E-state index is 10.6. The summed E-state index contributed by atoms with van der Waals surface area (Å²) in [6.07, 6.45) is 0. The van der Waals surface area contributed by atoms with Gasteiger partial charge in [-0.15, -0.1) is 0 Å². The number of ether oxygens (including phenoxy) is 1. The molecule has 6 heteroatoms. The summed E-state index contributed by atoms with van der Waals surface area (Å²) in [5, 5.41) is 10.6. The van der Waals surface area contributed by atoms with E-state index in [-0.39, 0.29) is 17.4 Å². The van der Waals surface area contributed by atoms with Crippen LogP contribution in [0.25, 0.3) is 0 Å². The van der Waals surface area contributed by atoms with Crippen LogP contribution in [0.3, 0.4) is 0 Å². The zero-order valence-electron chi connectivity index (χ0n) is 10.6. The first-order valence-electron chi connectivity index (χ1n) is 5.63. The minimum atomic E-state index is -0.581. The van der Waals surface area contributed by atoms with Gasteiger partial charge < -0.3 is 10.5 Å². The van der Waals surface area contributed by atoms with E-state index in [4.69, 9.17) is 10.5 Å². The standard InChI is InChI=1S/C13H13N3O3/c1-8-3-4-10(7-9(8)2)19-12-6-5-11(16(17)18)13(14)15-12/h3-7H,1-2H3,(H2,14,15). The second-order valence-electron chi connectivity index (χ2n) is 4.16. The van der Waals surface area contributed by atoms with Gasteiger partial charge in [0, 0.05) is 12.1 Å². The summed E-state index contributed by atoms with van der Waals surface area (Å²) in [6, 6.07) is 8.30. The van der Waals surface area contributed by atoms with Crippen molar-refractivity contribution in [3.63, 3.8) is 0 Å². The molecule has 2 N–H and O–H groups in total. The molecule has 0 aliphatic rings. The van der Waals surface area contributed by atoms with Gasteiger partial charge in [-0.3, -0.25) is 10.1 Å². The van der Waals surface area contributed by atoms with E-state index in [0.717, 1.165) is 11.1 Å². The number of aryl methyl sites for hydroxylation is 2. The summed E-state index contributed by atoms with van der Waals surface area (Å²) < 4.78 is 5.52. The summed E-state index contributed by atoms with van der Waals surface area (Å²) in [5.74, 6) is 0.682. The molecule has 0 aliphatic heterocycles. The number of hydrogen-bond donors (Lipinski definition) is 1. The third-order valence-corrected chi connectivity index (χ3v) is 2.77. The number of anilines is 1. The molecule has 0 aliphatic carbocycles. The van der Waals surface area contributed by atoms with Gasteiger partial charge in [0.05, 0.1) is 4.92 Å². The highest BCUT2D eigenvalue weighted by atomic mass is 16.6. The van der Waals surface area contributed by atoms with Gasteiger partial charge in [-0.05, 0) is 37.1 Å². The molecule has 1 aromatic carbocycles. The van der Waals surface area contributed by atoms with E-state index < -0.39 is 4.92 Å². The van der Waals surface area contributed by atoms with Crippen LogP contribution in [-0.2, 0) is 0 Å². The lowest BCUT2D eigenvalue weighted by Crippen LogP contribution is -1.99. The van der Waals surface area contributed by atoms with Gasteiger partial charge in [0.1, 0.15) is 5.75 Å². The van der Waals surface area contributed by atoms with Gasteiger partial charge >= 0.3 is 5.69 Å². The van der Waals surface area contributed by atoms with E-state index in [1.807, 2.05) is 32.0 Å². The Hall–Kier alpha value is -2.63. The number of aromatic nitrogens is 1. The van der Waals surface area contributed by atoms with Gasteiger partial charge in [-0.2, -0.15) is 4.98 Å². The maximum atomic E-state index is 10.6. The zero-order chi connectivity index (χ0) is 14.0. The minimum absolute atomic E-state index is 0.161. The van der Waals surface area contributed by atoms with Crippen LogP contribution in [0, 0.1) is 24.0 Å². The van der Waals surface area contributed by atoms with E-state index in [0.29, 0.717) is 5.75 Å². The Morgan fingerprint density at radius 1 is 1.21 bits per heavy atom.